The van der Waals surface area contributed by atoms with E-state index in [0.717, 1.165) is 43.8 Å². The highest BCUT2D eigenvalue weighted by Gasteiger charge is 2.49. The molecule has 2 heterocycles. The molecule has 1 aromatic carbocycles. The smallest absolute Gasteiger partial charge is 0.248 e. The topological polar surface area (TPSA) is 49.9 Å². The van der Waals surface area contributed by atoms with Gasteiger partial charge < -0.3 is 14.5 Å². The molecule has 2 aliphatic heterocycles. The number of nitrogens with zero attached hydrogens (tertiary/aromatic N) is 2. The number of piperidine rings is 1. The van der Waals surface area contributed by atoms with Gasteiger partial charge in [0.1, 0.15) is 6.61 Å². The lowest BCUT2D eigenvalue weighted by atomic mass is 9.78. The minimum absolute atomic E-state index is 0.00456. The van der Waals surface area contributed by atoms with Crippen molar-refractivity contribution in [3.05, 3.63) is 35.9 Å². The van der Waals surface area contributed by atoms with Gasteiger partial charge in [-0.05, 0) is 43.6 Å². The van der Waals surface area contributed by atoms with Gasteiger partial charge in [-0.15, -0.1) is 0 Å². The molecule has 5 nitrogen and oxygen atoms in total. The van der Waals surface area contributed by atoms with Gasteiger partial charge in [0.25, 0.3) is 0 Å². The van der Waals surface area contributed by atoms with Crippen LogP contribution in [0.1, 0.15) is 37.7 Å². The molecule has 0 unspecified atom stereocenters. The zero-order valence-electron chi connectivity index (χ0n) is 15.4. The van der Waals surface area contributed by atoms with Crippen molar-refractivity contribution >= 4 is 11.8 Å². The normalized spacial score (nSPS) is 25.9. The number of hydrogen-bond donors (Lipinski definition) is 0. The molecule has 2 saturated heterocycles. The summed E-state index contributed by atoms with van der Waals surface area (Å²) in [7, 11) is 0. The summed E-state index contributed by atoms with van der Waals surface area (Å²) >= 11 is 0. The van der Waals surface area contributed by atoms with Crippen LogP contribution in [-0.4, -0.2) is 54.4 Å². The molecule has 3 fully saturated rings. The van der Waals surface area contributed by atoms with Gasteiger partial charge in [0, 0.05) is 26.2 Å². The fourth-order valence-corrected chi connectivity index (χ4v) is 4.32. The Hall–Kier alpha value is -1.88. The quantitative estimate of drug-likeness (QED) is 0.787. The third-order valence-electron chi connectivity index (χ3n) is 6.04. The second-order valence-electron chi connectivity index (χ2n) is 8.12. The Morgan fingerprint density at radius 1 is 1.15 bits per heavy atom. The lowest BCUT2D eigenvalue weighted by Gasteiger charge is -2.39. The average molecular weight is 356 g/mol. The van der Waals surface area contributed by atoms with E-state index >= 15 is 0 Å². The lowest BCUT2D eigenvalue weighted by molar-refractivity contribution is -0.146. The Bertz CT molecular complexity index is 658. The monoisotopic (exact) mass is 356 g/mol. The minimum atomic E-state index is -0.331. The number of carbonyl (C=O) groups excluding carboxylic acids is 2. The fraction of sp³-hybridized carbons (Fsp3) is 0.619. The summed E-state index contributed by atoms with van der Waals surface area (Å²) < 4.78 is 5.59. The first kappa shape index (κ1) is 17.5. The summed E-state index contributed by atoms with van der Waals surface area (Å²) in [5, 5.41) is 0. The zero-order chi connectivity index (χ0) is 18.0. The largest absolute Gasteiger partial charge is 0.367 e. The van der Waals surface area contributed by atoms with Gasteiger partial charge in [0.05, 0.1) is 12.0 Å². The van der Waals surface area contributed by atoms with Gasteiger partial charge >= 0.3 is 0 Å². The third-order valence-corrected chi connectivity index (χ3v) is 6.04. The van der Waals surface area contributed by atoms with E-state index in [-0.39, 0.29) is 23.8 Å². The van der Waals surface area contributed by atoms with Crippen LogP contribution in [0.15, 0.2) is 30.3 Å². The Balaban J connectivity index is 1.29. The molecule has 1 aromatic rings. The second-order valence-corrected chi connectivity index (χ2v) is 8.12. The molecule has 3 aliphatic rings. The van der Waals surface area contributed by atoms with Gasteiger partial charge in [-0.3, -0.25) is 9.59 Å². The number of ether oxygens (including phenoxy) is 1. The van der Waals surface area contributed by atoms with E-state index in [9.17, 15) is 9.59 Å². The number of rotatable bonds is 6. The highest BCUT2D eigenvalue weighted by atomic mass is 16.5. The number of likely N-dealkylation sites (tertiary alicyclic amines) is 2. The Kier molecular flexibility index (Phi) is 4.98. The summed E-state index contributed by atoms with van der Waals surface area (Å²) in [5.74, 6) is 1.01. The van der Waals surface area contributed by atoms with Gasteiger partial charge in [0.2, 0.25) is 11.8 Å². The highest BCUT2D eigenvalue weighted by Crippen LogP contribution is 2.41. The molecule has 140 valence electrons. The maximum absolute atomic E-state index is 13.0. The Morgan fingerprint density at radius 2 is 1.96 bits per heavy atom. The Labute approximate surface area is 155 Å². The molecule has 4 rings (SSSR count). The molecule has 0 radical (unpaired) electrons. The van der Waals surface area contributed by atoms with Crippen molar-refractivity contribution in [2.75, 3.05) is 32.8 Å². The lowest BCUT2D eigenvalue weighted by Crippen LogP contribution is -2.51. The molecule has 1 atom stereocenters. The molecular weight excluding hydrogens is 328 g/mol. The average Bonchev–Trinajstić information content (AvgIpc) is 3.37. The van der Waals surface area contributed by atoms with Crippen LogP contribution in [0.3, 0.4) is 0 Å². The van der Waals surface area contributed by atoms with Gasteiger partial charge in [0.15, 0.2) is 0 Å². The maximum Gasteiger partial charge on any atom is 0.248 e. The fourth-order valence-electron chi connectivity index (χ4n) is 4.32. The van der Waals surface area contributed by atoms with Crippen LogP contribution in [0, 0.1) is 11.3 Å². The molecule has 2 amide bonds. The first-order chi connectivity index (χ1) is 12.7. The van der Waals surface area contributed by atoms with Gasteiger partial charge in [-0.2, -0.15) is 0 Å². The summed E-state index contributed by atoms with van der Waals surface area (Å²) in [4.78, 5) is 29.5. The molecule has 0 N–H and O–H groups in total. The van der Waals surface area contributed by atoms with Crippen molar-refractivity contribution in [3.8, 4) is 0 Å². The predicted molar refractivity (Wildman–Crippen MR) is 98.3 cm³/mol. The molecule has 1 saturated carbocycles. The number of amides is 2. The third kappa shape index (κ3) is 3.78. The Morgan fingerprint density at radius 3 is 2.73 bits per heavy atom. The summed E-state index contributed by atoms with van der Waals surface area (Å²) in [5.41, 5.74) is 0.735. The van der Waals surface area contributed by atoms with Gasteiger partial charge in [-0.25, -0.2) is 0 Å². The number of hydrogen-bond acceptors (Lipinski definition) is 3. The SMILES string of the molecule is O=C(COCc1ccccc1)N1CC[C@]2(CCCN(CC3CC3)C2=O)C1. The van der Waals surface area contributed by atoms with Crippen molar-refractivity contribution in [2.45, 2.75) is 38.7 Å². The number of benzene rings is 1. The van der Waals surface area contributed by atoms with Crippen molar-refractivity contribution in [2.24, 2.45) is 11.3 Å². The van der Waals surface area contributed by atoms with E-state index < -0.39 is 0 Å². The maximum atomic E-state index is 13.0. The molecule has 1 aliphatic carbocycles. The molecular formula is C21H28N2O3. The summed E-state index contributed by atoms with van der Waals surface area (Å²) in [6.45, 7) is 3.60. The van der Waals surface area contributed by atoms with Crippen molar-refractivity contribution in [1.29, 1.82) is 0 Å². The van der Waals surface area contributed by atoms with E-state index in [1.807, 2.05) is 35.2 Å². The van der Waals surface area contributed by atoms with E-state index in [1.54, 1.807) is 0 Å². The zero-order valence-corrected chi connectivity index (χ0v) is 15.4. The molecule has 1 spiro atoms. The number of carbonyl (C=O) groups is 2. The standard InChI is InChI=1S/C21H28N2O3/c24-19(15-26-14-18-5-2-1-3-6-18)23-12-10-21(16-23)9-4-11-22(20(21)25)13-17-7-8-17/h1-3,5-6,17H,4,7-16H2/t21-/m1/s1. The predicted octanol–water partition coefficient (Wildman–Crippen LogP) is 2.45. The van der Waals surface area contributed by atoms with Crippen molar-refractivity contribution in [1.82, 2.24) is 9.80 Å². The van der Waals surface area contributed by atoms with Crippen molar-refractivity contribution < 1.29 is 14.3 Å². The van der Waals surface area contributed by atoms with Gasteiger partial charge in [-0.1, -0.05) is 30.3 Å². The van der Waals surface area contributed by atoms with E-state index in [0.29, 0.717) is 19.7 Å². The van der Waals surface area contributed by atoms with Crippen LogP contribution in [0.5, 0.6) is 0 Å². The van der Waals surface area contributed by atoms with Crippen LogP contribution in [0.25, 0.3) is 0 Å². The van der Waals surface area contributed by atoms with E-state index in [1.165, 1.54) is 12.8 Å². The van der Waals surface area contributed by atoms with Crippen LogP contribution < -0.4 is 0 Å². The van der Waals surface area contributed by atoms with E-state index in [2.05, 4.69) is 4.90 Å². The molecule has 5 heteroatoms. The summed E-state index contributed by atoms with van der Waals surface area (Å²) in [6.07, 6.45) is 5.31. The van der Waals surface area contributed by atoms with E-state index in [4.69, 9.17) is 4.74 Å². The summed E-state index contributed by atoms with van der Waals surface area (Å²) in [6, 6.07) is 9.88. The van der Waals surface area contributed by atoms with Crippen molar-refractivity contribution in [3.63, 3.8) is 0 Å². The first-order valence-corrected chi connectivity index (χ1v) is 9.85. The highest BCUT2D eigenvalue weighted by molar-refractivity contribution is 5.86. The van der Waals surface area contributed by atoms with Crippen LogP contribution in [0.4, 0.5) is 0 Å². The molecule has 0 aromatic heterocycles. The van der Waals surface area contributed by atoms with Crippen LogP contribution in [-0.2, 0) is 20.9 Å². The van der Waals surface area contributed by atoms with Crippen LogP contribution in [0.2, 0.25) is 0 Å². The molecule has 26 heavy (non-hydrogen) atoms. The minimum Gasteiger partial charge on any atom is -0.367 e. The molecule has 0 bridgehead atoms. The van der Waals surface area contributed by atoms with Crippen LogP contribution >= 0.6 is 0 Å². The first-order valence-electron chi connectivity index (χ1n) is 9.85. The second kappa shape index (κ2) is 7.39.